The number of fused-ring (bicyclic) bond motifs is 1. The molecule has 4 rings (SSSR count). The predicted octanol–water partition coefficient (Wildman–Crippen LogP) is 1.71. The summed E-state index contributed by atoms with van der Waals surface area (Å²) in [6.07, 6.45) is -4.69. The first-order chi connectivity index (χ1) is 17.4. The summed E-state index contributed by atoms with van der Waals surface area (Å²) in [6.45, 7) is 2.37. The molecule has 0 unspecified atom stereocenters. The highest BCUT2D eigenvalue weighted by Crippen LogP contribution is 2.22. The van der Waals surface area contributed by atoms with Crippen molar-refractivity contribution in [1.29, 1.82) is 5.26 Å². The minimum absolute atomic E-state index is 0.188. The molecule has 2 aliphatic heterocycles. The SMILES string of the molecule is N#Cc1cccc(CN2CC[C@H](NS(=O)(=O)c3ccc4c(c3)CNCC4)C2=O)c1.NC(=O)CC(F)(F)F. The zero-order valence-corrected chi connectivity index (χ0v) is 20.5. The number of rotatable bonds is 6. The second-order valence-electron chi connectivity index (χ2n) is 8.65. The van der Waals surface area contributed by atoms with Crippen LogP contribution in [0.3, 0.4) is 0 Å². The Labute approximate surface area is 212 Å². The Morgan fingerprint density at radius 1 is 1.22 bits per heavy atom. The van der Waals surface area contributed by atoms with E-state index in [0.29, 0.717) is 31.6 Å². The number of nitrogens with one attached hydrogen (secondary N) is 2. The van der Waals surface area contributed by atoms with Crippen LogP contribution in [0.5, 0.6) is 0 Å². The maximum Gasteiger partial charge on any atom is 0.397 e. The number of alkyl halides is 3. The average molecular weight is 538 g/mol. The molecule has 13 heteroatoms. The molecule has 4 N–H and O–H groups in total. The number of halogens is 3. The zero-order chi connectivity index (χ0) is 27.2. The number of nitrogens with two attached hydrogens (primary N) is 1. The largest absolute Gasteiger partial charge is 0.397 e. The highest BCUT2D eigenvalue weighted by molar-refractivity contribution is 7.89. The van der Waals surface area contributed by atoms with Gasteiger partial charge in [-0.2, -0.15) is 23.2 Å². The van der Waals surface area contributed by atoms with Crippen LogP contribution < -0.4 is 15.8 Å². The second kappa shape index (κ2) is 11.7. The molecule has 198 valence electrons. The number of primary amides is 1. The second-order valence-corrected chi connectivity index (χ2v) is 10.4. The number of amides is 2. The van der Waals surface area contributed by atoms with E-state index in [1.165, 1.54) is 0 Å². The number of likely N-dealkylation sites (tertiary alicyclic amines) is 1. The van der Waals surface area contributed by atoms with E-state index in [1.807, 2.05) is 12.1 Å². The number of nitriles is 1. The van der Waals surface area contributed by atoms with Gasteiger partial charge in [0, 0.05) is 19.6 Å². The lowest BCUT2D eigenvalue weighted by Gasteiger charge is -2.19. The predicted molar refractivity (Wildman–Crippen MR) is 127 cm³/mol. The van der Waals surface area contributed by atoms with Crippen molar-refractivity contribution in [3.05, 3.63) is 64.7 Å². The molecule has 1 atom stereocenters. The molecule has 2 aliphatic rings. The summed E-state index contributed by atoms with van der Waals surface area (Å²) in [7, 11) is -3.79. The summed E-state index contributed by atoms with van der Waals surface area (Å²) in [5.41, 5.74) is 7.75. The maximum atomic E-state index is 12.8. The summed E-state index contributed by atoms with van der Waals surface area (Å²) < 4.78 is 61.3. The van der Waals surface area contributed by atoms with Gasteiger partial charge in [-0.3, -0.25) is 9.59 Å². The van der Waals surface area contributed by atoms with Crippen molar-refractivity contribution >= 4 is 21.8 Å². The molecule has 0 saturated carbocycles. The van der Waals surface area contributed by atoms with Crippen LogP contribution in [0.2, 0.25) is 0 Å². The standard InChI is InChI=1S/C21H22N4O3S.C3H4F3NO/c22-12-15-2-1-3-16(10-15)14-25-9-7-20(21(25)26)24-29(27,28)19-5-4-17-6-8-23-13-18(17)11-19;4-3(5,6)1-2(7)8/h1-5,10-11,20,23-24H,6-9,13-14H2;1H2,(H2,7,8)/t20-;/m0./s1. The molecule has 1 saturated heterocycles. The van der Waals surface area contributed by atoms with Crippen LogP contribution in [0, 0.1) is 11.3 Å². The average Bonchev–Trinajstić information content (AvgIpc) is 3.16. The van der Waals surface area contributed by atoms with Crippen LogP contribution in [0.1, 0.15) is 35.1 Å². The van der Waals surface area contributed by atoms with Gasteiger partial charge in [0.2, 0.25) is 21.8 Å². The smallest absolute Gasteiger partial charge is 0.369 e. The van der Waals surface area contributed by atoms with E-state index >= 15 is 0 Å². The number of hydrogen-bond acceptors (Lipinski definition) is 6. The lowest BCUT2D eigenvalue weighted by Crippen LogP contribution is -2.41. The van der Waals surface area contributed by atoms with E-state index in [1.54, 1.807) is 35.2 Å². The fourth-order valence-electron chi connectivity index (χ4n) is 4.04. The van der Waals surface area contributed by atoms with Crippen molar-refractivity contribution in [1.82, 2.24) is 14.9 Å². The Morgan fingerprint density at radius 3 is 2.62 bits per heavy atom. The maximum absolute atomic E-state index is 12.8. The van der Waals surface area contributed by atoms with Crippen molar-refractivity contribution in [3.8, 4) is 6.07 Å². The first-order valence-electron chi connectivity index (χ1n) is 11.4. The molecule has 0 spiro atoms. The van der Waals surface area contributed by atoms with Crippen molar-refractivity contribution < 1.29 is 31.2 Å². The fraction of sp³-hybridized carbons (Fsp3) is 0.375. The summed E-state index contributed by atoms with van der Waals surface area (Å²) in [6, 6.07) is 13.5. The van der Waals surface area contributed by atoms with Crippen LogP contribution >= 0.6 is 0 Å². The van der Waals surface area contributed by atoms with Crippen LogP contribution in [-0.4, -0.2) is 50.4 Å². The molecule has 1 fully saturated rings. The molecule has 0 radical (unpaired) electrons. The van der Waals surface area contributed by atoms with Gasteiger partial charge in [0.25, 0.3) is 0 Å². The van der Waals surface area contributed by atoms with Gasteiger partial charge in [0.1, 0.15) is 12.5 Å². The van der Waals surface area contributed by atoms with Gasteiger partial charge < -0.3 is 16.0 Å². The van der Waals surface area contributed by atoms with Gasteiger partial charge in [-0.1, -0.05) is 18.2 Å². The van der Waals surface area contributed by atoms with E-state index in [-0.39, 0.29) is 10.8 Å². The Bertz CT molecular complexity index is 1310. The number of carbonyl (C=O) groups excluding carboxylic acids is 2. The Hall–Kier alpha value is -3.47. The minimum atomic E-state index is -4.45. The summed E-state index contributed by atoms with van der Waals surface area (Å²) in [5, 5.41) is 12.3. The lowest BCUT2D eigenvalue weighted by molar-refractivity contribution is -0.151. The van der Waals surface area contributed by atoms with Gasteiger partial charge in [-0.25, -0.2) is 8.42 Å². The van der Waals surface area contributed by atoms with Crippen molar-refractivity contribution in [2.45, 2.75) is 49.5 Å². The van der Waals surface area contributed by atoms with Gasteiger partial charge in [0.05, 0.1) is 16.5 Å². The van der Waals surface area contributed by atoms with Gasteiger partial charge >= 0.3 is 6.18 Å². The van der Waals surface area contributed by atoms with E-state index < -0.39 is 34.6 Å². The molecular weight excluding hydrogens is 511 g/mol. The molecule has 9 nitrogen and oxygen atoms in total. The Morgan fingerprint density at radius 2 is 1.97 bits per heavy atom. The Kier molecular flexibility index (Phi) is 8.90. The number of nitrogens with zero attached hydrogens (tertiary/aromatic N) is 2. The van der Waals surface area contributed by atoms with Crippen LogP contribution in [0.25, 0.3) is 0 Å². The van der Waals surface area contributed by atoms with Crippen molar-refractivity contribution in [2.24, 2.45) is 5.73 Å². The van der Waals surface area contributed by atoms with Crippen molar-refractivity contribution in [2.75, 3.05) is 13.1 Å². The quantitative estimate of drug-likeness (QED) is 0.512. The van der Waals surface area contributed by atoms with Crippen LogP contribution in [0.15, 0.2) is 47.4 Å². The molecule has 2 aromatic rings. The molecule has 2 amide bonds. The van der Waals surface area contributed by atoms with Crippen LogP contribution in [-0.2, 0) is 39.1 Å². The first-order valence-corrected chi connectivity index (χ1v) is 12.8. The van der Waals surface area contributed by atoms with Gasteiger partial charge in [0.15, 0.2) is 0 Å². The molecule has 0 aliphatic carbocycles. The van der Waals surface area contributed by atoms with E-state index in [4.69, 9.17) is 5.26 Å². The lowest BCUT2D eigenvalue weighted by atomic mass is 10.0. The third kappa shape index (κ3) is 8.01. The number of carbonyl (C=O) groups is 2. The van der Waals surface area contributed by atoms with Gasteiger partial charge in [-0.05, 0) is 60.3 Å². The van der Waals surface area contributed by atoms with E-state index in [9.17, 15) is 31.2 Å². The number of sulfonamides is 1. The van der Waals surface area contributed by atoms with E-state index in [2.05, 4.69) is 21.8 Å². The summed E-state index contributed by atoms with van der Waals surface area (Å²) >= 11 is 0. The monoisotopic (exact) mass is 537 g/mol. The third-order valence-corrected chi connectivity index (χ3v) is 7.24. The zero-order valence-electron chi connectivity index (χ0n) is 19.7. The summed E-state index contributed by atoms with van der Waals surface area (Å²) in [5.74, 6) is -1.59. The number of hydrogen-bond donors (Lipinski definition) is 3. The minimum Gasteiger partial charge on any atom is -0.369 e. The highest BCUT2D eigenvalue weighted by atomic mass is 32.2. The van der Waals surface area contributed by atoms with Crippen molar-refractivity contribution in [3.63, 3.8) is 0 Å². The number of benzene rings is 2. The fourth-order valence-corrected chi connectivity index (χ4v) is 5.32. The molecular formula is C24H26F3N5O4S. The first kappa shape index (κ1) is 28.1. The van der Waals surface area contributed by atoms with Crippen LogP contribution in [0.4, 0.5) is 13.2 Å². The molecule has 0 bridgehead atoms. The third-order valence-electron chi connectivity index (χ3n) is 5.77. The normalized spacial score (nSPS) is 17.4. The summed E-state index contributed by atoms with van der Waals surface area (Å²) in [4.78, 5) is 24.1. The Balaban J connectivity index is 0.000000414. The highest BCUT2D eigenvalue weighted by Gasteiger charge is 2.35. The molecule has 2 heterocycles. The topological polar surface area (TPSA) is 145 Å². The van der Waals surface area contributed by atoms with E-state index in [0.717, 1.165) is 29.7 Å². The molecule has 2 aromatic carbocycles. The molecule has 37 heavy (non-hydrogen) atoms. The molecule has 0 aromatic heterocycles. The van der Waals surface area contributed by atoms with Gasteiger partial charge in [-0.15, -0.1) is 0 Å².